The van der Waals surface area contributed by atoms with Crippen LogP contribution in [0.5, 0.6) is 5.75 Å². The standard InChI is InChI=1S/C19H21N3O2S2/c1-5-24-15-8-6-14(7-9-15)22-17(23)13(4)26-19-16-11(2)12(3)25-18(16)20-10-21-19/h6-10,13H,5H2,1-4H3,(H,22,23)/t13-/m1/s1. The first kappa shape index (κ1) is 18.7. The second kappa shape index (κ2) is 8.05. The lowest BCUT2D eigenvalue weighted by Gasteiger charge is -2.12. The van der Waals surface area contributed by atoms with Gasteiger partial charge in [-0.1, -0.05) is 11.8 Å². The van der Waals surface area contributed by atoms with Crippen LogP contribution in [0.3, 0.4) is 0 Å². The highest BCUT2D eigenvalue weighted by atomic mass is 32.2. The number of benzene rings is 1. The highest BCUT2D eigenvalue weighted by Crippen LogP contribution is 2.36. The van der Waals surface area contributed by atoms with Gasteiger partial charge in [0.15, 0.2) is 0 Å². The number of hydrogen-bond acceptors (Lipinski definition) is 6. The summed E-state index contributed by atoms with van der Waals surface area (Å²) in [6.45, 7) is 8.60. The average Bonchev–Trinajstić information content (AvgIpc) is 2.92. The van der Waals surface area contributed by atoms with E-state index in [2.05, 4.69) is 29.1 Å². The molecule has 0 saturated carbocycles. The number of aromatic nitrogens is 2. The molecule has 3 aromatic rings. The second-order valence-corrected chi connectivity index (χ2v) is 8.38. The number of carbonyl (C=O) groups is 1. The molecule has 2 aromatic heterocycles. The molecule has 1 amide bonds. The van der Waals surface area contributed by atoms with E-state index in [0.29, 0.717) is 6.61 Å². The maximum Gasteiger partial charge on any atom is 0.237 e. The fourth-order valence-corrected chi connectivity index (χ4v) is 4.54. The Morgan fingerprint density at radius 2 is 2.00 bits per heavy atom. The van der Waals surface area contributed by atoms with Crippen LogP contribution in [0.2, 0.25) is 0 Å². The number of nitrogens with zero attached hydrogens (tertiary/aromatic N) is 2. The van der Waals surface area contributed by atoms with Crippen LogP contribution in [0.25, 0.3) is 10.2 Å². The van der Waals surface area contributed by atoms with E-state index >= 15 is 0 Å². The van der Waals surface area contributed by atoms with Crippen molar-refractivity contribution in [2.75, 3.05) is 11.9 Å². The fourth-order valence-electron chi connectivity index (χ4n) is 2.51. The summed E-state index contributed by atoms with van der Waals surface area (Å²) < 4.78 is 5.42. The zero-order chi connectivity index (χ0) is 18.7. The van der Waals surface area contributed by atoms with E-state index < -0.39 is 0 Å². The van der Waals surface area contributed by atoms with Crippen LogP contribution >= 0.6 is 23.1 Å². The van der Waals surface area contributed by atoms with Crippen molar-refractivity contribution in [3.63, 3.8) is 0 Å². The van der Waals surface area contributed by atoms with Crippen LogP contribution in [0.4, 0.5) is 5.69 Å². The monoisotopic (exact) mass is 387 g/mol. The molecule has 0 aliphatic rings. The van der Waals surface area contributed by atoms with Gasteiger partial charge < -0.3 is 10.1 Å². The van der Waals surface area contributed by atoms with Crippen LogP contribution in [-0.2, 0) is 4.79 Å². The normalized spacial score (nSPS) is 12.2. The molecule has 1 N–H and O–H groups in total. The summed E-state index contributed by atoms with van der Waals surface area (Å²) in [7, 11) is 0. The van der Waals surface area contributed by atoms with Gasteiger partial charge in [-0.25, -0.2) is 9.97 Å². The number of nitrogens with one attached hydrogen (secondary N) is 1. The number of ether oxygens (including phenoxy) is 1. The number of aryl methyl sites for hydroxylation is 2. The summed E-state index contributed by atoms with van der Waals surface area (Å²) in [5.74, 6) is 0.732. The van der Waals surface area contributed by atoms with Gasteiger partial charge in [-0.15, -0.1) is 11.3 Å². The van der Waals surface area contributed by atoms with Crippen molar-refractivity contribution >= 4 is 44.9 Å². The topological polar surface area (TPSA) is 64.1 Å². The largest absolute Gasteiger partial charge is 0.494 e. The lowest BCUT2D eigenvalue weighted by Crippen LogP contribution is -2.22. The molecule has 0 aliphatic carbocycles. The zero-order valence-electron chi connectivity index (χ0n) is 15.2. The van der Waals surface area contributed by atoms with Crippen molar-refractivity contribution in [1.82, 2.24) is 9.97 Å². The Hall–Kier alpha value is -2.12. The third kappa shape index (κ3) is 3.99. The Morgan fingerprint density at radius 3 is 2.69 bits per heavy atom. The van der Waals surface area contributed by atoms with E-state index in [0.717, 1.165) is 26.7 Å². The van der Waals surface area contributed by atoms with Gasteiger partial charge in [0.25, 0.3) is 0 Å². The Balaban J connectivity index is 1.71. The van der Waals surface area contributed by atoms with Gasteiger partial charge in [0.1, 0.15) is 21.9 Å². The van der Waals surface area contributed by atoms with Crippen molar-refractivity contribution in [1.29, 1.82) is 0 Å². The molecule has 26 heavy (non-hydrogen) atoms. The summed E-state index contributed by atoms with van der Waals surface area (Å²) in [6.07, 6.45) is 1.57. The van der Waals surface area contributed by atoms with Crippen LogP contribution in [0, 0.1) is 13.8 Å². The maximum absolute atomic E-state index is 12.5. The number of thiophene rings is 1. The van der Waals surface area contributed by atoms with Gasteiger partial charge in [-0.3, -0.25) is 4.79 Å². The number of amides is 1. The van der Waals surface area contributed by atoms with Crippen molar-refractivity contribution in [3.05, 3.63) is 41.0 Å². The van der Waals surface area contributed by atoms with Crippen molar-refractivity contribution < 1.29 is 9.53 Å². The average molecular weight is 388 g/mol. The molecule has 5 nitrogen and oxygen atoms in total. The maximum atomic E-state index is 12.5. The molecule has 0 aliphatic heterocycles. The predicted molar refractivity (Wildman–Crippen MR) is 108 cm³/mol. The molecule has 1 aromatic carbocycles. The number of hydrogen-bond donors (Lipinski definition) is 1. The molecule has 0 spiro atoms. The van der Waals surface area contributed by atoms with Gasteiger partial charge in [0, 0.05) is 16.0 Å². The van der Waals surface area contributed by atoms with E-state index in [1.807, 2.05) is 38.1 Å². The molecule has 136 valence electrons. The van der Waals surface area contributed by atoms with Crippen molar-refractivity contribution in [2.24, 2.45) is 0 Å². The summed E-state index contributed by atoms with van der Waals surface area (Å²) >= 11 is 3.12. The van der Waals surface area contributed by atoms with Crippen LogP contribution < -0.4 is 10.1 Å². The number of fused-ring (bicyclic) bond motifs is 1. The summed E-state index contributed by atoms with van der Waals surface area (Å²) in [4.78, 5) is 23.5. The molecule has 0 bridgehead atoms. The minimum atomic E-state index is -0.278. The Morgan fingerprint density at radius 1 is 1.27 bits per heavy atom. The first-order valence-electron chi connectivity index (χ1n) is 8.40. The molecule has 7 heteroatoms. The van der Waals surface area contributed by atoms with Gasteiger partial charge in [-0.05, 0) is 57.5 Å². The van der Waals surface area contributed by atoms with Gasteiger partial charge in [0.05, 0.1) is 11.9 Å². The summed E-state index contributed by atoms with van der Waals surface area (Å²) in [6, 6.07) is 7.38. The van der Waals surface area contributed by atoms with Gasteiger partial charge >= 0.3 is 0 Å². The molecular formula is C19H21N3O2S2. The number of rotatable bonds is 6. The third-order valence-electron chi connectivity index (χ3n) is 4.02. The van der Waals surface area contributed by atoms with Crippen molar-refractivity contribution in [3.8, 4) is 5.75 Å². The number of anilines is 1. The Kier molecular flexibility index (Phi) is 5.78. The van der Waals surface area contributed by atoms with Gasteiger partial charge in [-0.2, -0.15) is 0 Å². The fraction of sp³-hybridized carbons (Fsp3) is 0.316. The Labute approximate surface area is 161 Å². The number of carbonyl (C=O) groups excluding carboxylic acids is 1. The number of thioether (sulfide) groups is 1. The molecule has 0 radical (unpaired) electrons. The minimum absolute atomic E-state index is 0.0597. The zero-order valence-corrected chi connectivity index (χ0v) is 16.8. The molecule has 0 fully saturated rings. The van der Waals surface area contributed by atoms with Crippen LogP contribution in [-0.4, -0.2) is 27.7 Å². The smallest absolute Gasteiger partial charge is 0.237 e. The Bertz CT molecular complexity index is 922. The minimum Gasteiger partial charge on any atom is -0.494 e. The third-order valence-corrected chi connectivity index (χ3v) is 6.24. The first-order valence-corrected chi connectivity index (χ1v) is 10.1. The van der Waals surface area contributed by atoms with E-state index in [1.54, 1.807) is 17.7 Å². The van der Waals surface area contributed by atoms with Crippen LogP contribution in [0.1, 0.15) is 24.3 Å². The van der Waals surface area contributed by atoms with Gasteiger partial charge in [0.2, 0.25) is 5.91 Å². The molecule has 0 saturated heterocycles. The van der Waals surface area contributed by atoms with E-state index in [1.165, 1.54) is 22.2 Å². The van der Waals surface area contributed by atoms with Crippen LogP contribution in [0.15, 0.2) is 35.6 Å². The lowest BCUT2D eigenvalue weighted by atomic mass is 10.2. The molecule has 2 heterocycles. The SMILES string of the molecule is CCOc1ccc(NC(=O)[C@@H](C)Sc2ncnc3sc(C)c(C)c23)cc1. The lowest BCUT2D eigenvalue weighted by molar-refractivity contribution is -0.115. The molecule has 1 atom stereocenters. The quantitative estimate of drug-likeness (QED) is 0.485. The van der Waals surface area contributed by atoms with E-state index in [4.69, 9.17) is 4.74 Å². The summed E-state index contributed by atoms with van der Waals surface area (Å²) in [5.41, 5.74) is 1.94. The molecule has 0 unspecified atom stereocenters. The molecule has 3 rings (SSSR count). The highest BCUT2D eigenvalue weighted by molar-refractivity contribution is 8.00. The van der Waals surface area contributed by atoms with E-state index in [9.17, 15) is 4.79 Å². The van der Waals surface area contributed by atoms with E-state index in [-0.39, 0.29) is 11.2 Å². The predicted octanol–water partition coefficient (Wildman–Crippen LogP) is 4.83. The highest BCUT2D eigenvalue weighted by Gasteiger charge is 2.19. The second-order valence-electron chi connectivity index (χ2n) is 5.85. The van der Waals surface area contributed by atoms with Crippen molar-refractivity contribution in [2.45, 2.75) is 38.0 Å². The first-order chi connectivity index (χ1) is 12.5. The summed E-state index contributed by atoms with van der Waals surface area (Å²) in [5, 5.41) is 4.57. The molecular weight excluding hydrogens is 366 g/mol.